The first-order valence-electron chi connectivity index (χ1n) is 7.32. The zero-order chi connectivity index (χ0) is 13.1. The molecule has 0 aromatic carbocycles. The van der Waals surface area contributed by atoms with E-state index in [0.717, 1.165) is 42.3 Å². The van der Waals surface area contributed by atoms with Crippen LogP contribution in [0.1, 0.15) is 68.2 Å². The molecule has 0 aliphatic heterocycles. The van der Waals surface area contributed by atoms with Crippen molar-refractivity contribution >= 4 is 5.78 Å². The van der Waals surface area contributed by atoms with Gasteiger partial charge in [0.1, 0.15) is 0 Å². The third kappa shape index (κ3) is 2.36. The van der Waals surface area contributed by atoms with Crippen LogP contribution in [0.2, 0.25) is 0 Å². The maximum atomic E-state index is 12.1. The molecule has 3 nitrogen and oxygen atoms in total. The zero-order valence-electron chi connectivity index (χ0n) is 11.8. The molecule has 3 heteroatoms. The third-order valence-corrected chi connectivity index (χ3v) is 4.06. The summed E-state index contributed by atoms with van der Waals surface area (Å²) in [6.45, 7) is 7.15. The number of hydrogen-bond donors (Lipinski definition) is 0. The highest BCUT2D eigenvalue weighted by Crippen LogP contribution is 2.29. The Labute approximate surface area is 110 Å². The quantitative estimate of drug-likeness (QED) is 0.723. The molecule has 1 fully saturated rings. The van der Waals surface area contributed by atoms with Gasteiger partial charge in [-0.05, 0) is 31.6 Å². The molecule has 2 rings (SSSR count). The summed E-state index contributed by atoms with van der Waals surface area (Å²) in [5, 5.41) is 4.69. The van der Waals surface area contributed by atoms with Crippen LogP contribution in [-0.2, 0) is 19.4 Å². The molecule has 100 valence electrons. The summed E-state index contributed by atoms with van der Waals surface area (Å²) in [7, 11) is 0. The molecule has 1 aliphatic carbocycles. The van der Waals surface area contributed by atoms with Gasteiger partial charge in [-0.25, -0.2) is 0 Å². The SMILES string of the molecule is CCC(=O)c1c(CC)nn(CC2CCC2)c1CC. The summed E-state index contributed by atoms with van der Waals surface area (Å²) < 4.78 is 2.12. The van der Waals surface area contributed by atoms with E-state index in [1.165, 1.54) is 19.3 Å². The molecule has 0 N–H and O–H groups in total. The summed E-state index contributed by atoms with van der Waals surface area (Å²) in [5.74, 6) is 1.04. The topological polar surface area (TPSA) is 34.9 Å². The monoisotopic (exact) mass is 248 g/mol. The van der Waals surface area contributed by atoms with E-state index in [0.29, 0.717) is 6.42 Å². The summed E-state index contributed by atoms with van der Waals surface area (Å²) >= 11 is 0. The molecule has 0 radical (unpaired) electrons. The fraction of sp³-hybridized carbons (Fsp3) is 0.733. The maximum Gasteiger partial charge on any atom is 0.166 e. The lowest BCUT2D eigenvalue weighted by atomic mass is 9.85. The third-order valence-electron chi connectivity index (χ3n) is 4.06. The molecule has 0 saturated heterocycles. The number of hydrogen-bond acceptors (Lipinski definition) is 2. The van der Waals surface area contributed by atoms with E-state index < -0.39 is 0 Å². The van der Waals surface area contributed by atoms with Gasteiger partial charge in [0.2, 0.25) is 0 Å². The van der Waals surface area contributed by atoms with Crippen LogP contribution in [0.3, 0.4) is 0 Å². The predicted molar refractivity (Wildman–Crippen MR) is 72.9 cm³/mol. The van der Waals surface area contributed by atoms with Crippen molar-refractivity contribution in [3.63, 3.8) is 0 Å². The van der Waals surface area contributed by atoms with Crippen LogP contribution in [0.15, 0.2) is 0 Å². The molecule has 1 heterocycles. The lowest BCUT2D eigenvalue weighted by Gasteiger charge is -2.25. The summed E-state index contributed by atoms with van der Waals surface area (Å²) in [5.41, 5.74) is 3.07. The highest BCUT2D eigenvalue weighted by atomic mass is 16.1. The molecule has 1 saturated carbocycles. The Kier molecular flexibility index (Phi) is 4.20. The fourth-order valence-electron chi connectivity index (χ4n) is 2.73. The minimum absolute atomic E-state index is 0.253. The molecule has 1 aromatic rings. The van der Waals surface area contributed by atoms with E-state index in [-0.39, 0.29) is 5.78 Å². The Morgan fingerprint density at radius 2 is 2.00 bits per heavy atom. The van der Waals surface area contributed by atoms with Crippen molar-refractivity contribution in [2.75, 3.05) is 0 Å². The molecule has 0 amide bonds. The highest BCUT2D eigenvalue weighted by molar-refractivity contribution is 5.98. The van der Waals surface area contributed by atoms with Crippen LogP contribution in [0.4, 0.5) is 0 Å². The molecule has 0 unspecified atom stereocenters. The van der Waals surface area contributed by atoms with Crippen molar-refractivity contribution in [3.05, 3.63) is 17.0 Å². The first-order valence-corrected chi connectivity index (χ1v) is 7.32. The minimum atomic E-state index is 0.253. The predicted octanol–water partition coefficient (Wildman–Crippen LogP) is 3.40. The van der Waals surface area contributed by atoms with Gasteiger partial charge < -0.3 is 0 Å². The number of rotatable bonds is 6. The number of ketones is 1. The molecular formula is C15H24N2O. The molecule has 18 heavy (non-hydrogen) atoms. The number of Topliss-reactive ketones (excluding diaryl/α,β-unsaturated/α-hetero) is 1. The average Bonchev–Trinajstić information content (AvgIpc) is 2.70. The van der Waals surface area contributed by atoms with E-state index in [4.69, 9.17) is 0 Å². The molecule has 0 bridgehead atoms. The fourth-order valence-corrected chi connectivity index (χ4v) is 2.73. The van der Waals surface area contributed by atoms with Gasteiger partial charge in [-0.1, -0.05) is 27.2 Å². The summed E-state index contributed by atoms with van der Waals surface area (Å²) in [6, 6.07) is 0. The maximum absolute atomic E-state index is 12.1. The number of nitrogens with zero attached hydrogens (tertiary/aromatic N) is 2. The van der Waals surface area contributed by atoms with Gasteiger partial charge in [0.15, 0.2) is 5.78 Å². The Morgan fingerprint density at radius 3 is 2.44 bits per heavy atom. The van der Waals surface area contributed by atoms with Gasteiger partial charge in [0.25, 0.3) is 0 Å². The zero-order valence-corrected chi connectivity index (χ0v) is 11.8. The largest absolute Gasteiger partial charge is 0.294 e. The van der Waals surface area contributed by atoms with Gasteiger partial charge >= 0.3 is 0 Å². The van der Waals surface area contributed by atoms with Gasteiger partial charge in [0, 0.05) is 18.7 Å². The van der Waals surface area contributed by atoms with Gasteiger partial charge in [-0.3, -0.25) is 9.48 Å². The van der Waals surface area contributed by atoms with E-state index in [9.17, 15) is 4.79 Å². The first-order chi connectivity index (χ1) is 8.71. The molecular weight excluding hydrogens is 224 g/mol. The first kappa shape index (κ1) is 13.3. The number of carbonyl (C=O) groups excluding carboxylic acids is 1. The Hall–Kier alpha value is -1.12. The average molecular weight is 248 g/mol. The van der Waals surface area contributed by atoms with Crippen molar-refractivity contribution < 1.29 is 4.79 Å². The van der Waals surface area contributed by atoms with Crippen LogP contribution in [-0.4, -0.2) is 15.6 Å². The van der Waals surface area contributed by atoms with Crippen molar-refractivity contribution in [3.8, 4) is 0 Å². The van der Waals surface area contributed by atoms with E-state index in [1.54, 1.807) is 0 Å². The molecule has 0 atom stereocenters. The lowest BCUT2D eigenvalue weighted by molar-refractivity contribution is 0.0986. The lowest BCUT2D eigenvalue weighted by Crippen LogP contribution is -2.20. The van der Waals surface area contributed by atoms with Crippen LogP contribution in [0.5, 0.6) is 0 Å². The van der Waals surface area contributed by atoms with Gasteiger partial charge in [0.05, 0.1) is 11.3 Å². The number of carbonyl (C=O) groups is 1. The van der Waals surface area contributed by atoms with E-state index in [2.05, 4.69) is 23.6 Å². The van der Waals surface area contributed by atoms with Crippen LogP contribution in [0, 0.1) is 5.92 Å². The van der Waals surface area contributed by atoms with Crippen molar-refractivity contribution in [2.24, 2.45) is 5.92 Å². The van der Waals surface area contributed by atoms with Crippen molar-refractivity contribution in [2.45, 2.75) is 65.8 Å². The Balaban J connectivity index is 2.33. The standard InChI is InChI=1S/C15H24N2O/c1-4-12-15(14(18)6-3)13(5-2)17(16-12)10-11-8-7-9-11/h11H,4-10H2,1-3H3. The summed E-state index contributed by atoms with van der Waals surface area (Å²) in [6.07, 6.45) is 6.33. The second-order valence-electron chi connectivity index (χ2n) is 5.23. The minimum Gasteiger partial charge on any atom is -0.294 e. The van der Waals surface area contributed by atoms with Crippen LogP contribution in [0.25, 0.3) is 0 Å². The van der Waals surface area contributed by atoms with Crippen LogP contribution < -0.4 is 0 Å². The number of aryl methyl sites for hydroxylation is 1. The van der Waals surface area contributed by atoms with E-state index in [1.807, 2.05) is 6.92 Å². The van der Waals surface area contributed by atoms with Crippen LogP contribution >= 0.6 is 0 Å². The molecule has 1 aromatic heterocycles. The van der Waals surface area contributed by atoms with E-state index >= 15 is 0 Å². The highest BCUT2D eigenvalue weighted by Gasteiger charge is 2.24. The van der Waals surface area contributed by atoms with Crippen molar-refractivity contribution in [1.82, 2.24) is 9.78 Å². The van der Waals surface area contributed by atoms with Gasteiger partial charge in [-0.15, -0.1) is 0 Å². The molecule has 0 spiro atoms. The van der Waals surface area contributed by atoms with Crippen molar-refractivity contribution in [1.29, 1.82) is 0 Å². The Bertz CT molecular complexity index is 430. The molecule has 1 aliphatic rings. The number of aromatic nitrogens is 2. The van der Waals surface area contributed by atoms with Gasteiger partial charge in [-0.2, -0.15) is 5.10 Å². The summed E-state index contributed by atoms with van der Waals surface area (Å²) in [4.78, 5) is 12.1. The second-order valence-corrected chi connectivity index (χ2v) is 5.23. The smallest absolute Gasteiger partial charge is 0.166 e. The Morgan fingerprint density at radius 1 is 1.28 bits per heavy atom. The normalized spacial score (nSPS) is 15.7. The second kappa shape index (κ2) is 5.68.